The van der Waals surface area contributed by atoms with Crippen molar-refractivity contribution in [2.24, 2.45) is 5.92 Å². The molecule has 0 saturated heterocycles. The highest BCUT2D eigenvalue weighted by Crippen LogP contribution is 2.43. The maximum Gasteiger partial charge on any atom is 0.134 e. The highest BCUT2D eigenvalue weighted by molar-refractivity contribution is 5.33. The molecule has 1 atom stereocenters. The number of rotatable bonds is 6. The summed E-state index contributed by atoms with van der Waals surface area (Å²) < 4.78 is 32.9. The van der Waals surface area contributed by atoms with Crippen LogP contribution >= 0.6 is 0 Å². The molecule has 0 spiro atoms. The molecule has 1 saturated carbocycles. The molecule has 0 amide bonds. The second kappa shape index (κ2) is 5.65. The summed E-state index contributed by atoms with van der Waals surface area (Å²) in [6.45, 7) is 2.81. The first-order chi connectivity index (χ1) is 8.67. The van der Waals surface area contributed by atoms with Crippen molar-refractivity contribution in [2.45, 2.75) is 32.2 Å². The maximum atomic E-state index is 14.0. The van der Waals surface area contributed by atoms with Gasteiger partial charge < -0.3 is 10.1 Å². The lowest BCUT2D eigenvalue weighted by molar-refractivity contribution is 0.395. The van der Waals surface area contributed by atoms with Crippen molar-refractivity contribution in [3.05, 3.63) is 29.3 Å². The monoisotopic (exact) mass is 255 g/mol. The van der Waals surface area contributed by atoms with E-state index >= 15 is 0 Å². The number of hydrogen-bond donors (Lipinski definition) is 1. The zero-order chi connectivity index (χ0) is 13.1. The largest absolute Gasteiger partial charge is 0.497 e. The van der Waals surface area contributed by atoms with Gasteiger partial charge in [0.1, 0.15) is 17.4 Å². The topological polar surface area (TPSA) is 21.3 Å². The van der Waals surface area contributed by atoms with E-state index in [0.717, 1.165) is 25.8 Å². The molecule has 1 aromatic carbocycles. The molecule has 0 bridgehead atoms. The molecule has 1 aromatic rings. The Bertz CT molecular complexity index is 395. The molecule has 0 heterocycles. The Morgan fingerprint density at radius 3 is 2.39 bits per heavy atom. The first-order valence-electron chi connectivity index (χ1n) is 6.43. The van der Waals surface area contributed by atoms with E-state index in [4.69, 9.17) is 4.74 Å². The zero-order valence-corrected chi connectivity index (χ0v) is 10.8. The summed E-state index contributed by atoms with van der Waals surface area (Å²) in [6, 6.07) is 2.29. The van der Waals surface area contributed by atoms with E-state index in [-0.39, 0.29) is 17.4 Å². The average molecular weight is 255 g/mol. The Morgan fingerprint density at radius 1 is 1.33 bits per heavy atom. The molecule has 1 aliphatic carbocycles. The average Bonchev–Trinajstić information content (AvgIpc) is 3.16. The molecule has 18 heavy (non-hydrogen) atoms. The van der Waals surface area contributed by atoms with Crippen LogP contribution in [-0.2, 0) is 0 Å². The molecule has 2 nitrogen and oxygen atoms in total. The summed E-state index contributed by atoms with van der Waals surface area (Å²) >= 11 is 0. The Hall–Kier alpha value is -1.16. The van der Waals surface area contributed by atoms with E-state index in [2.05, 4.69) is 5.32 Å². The second-order valence-corrected chi connectivity index (χ2v) is 4.77. The van der Waals surface area contributed by atoms with E-state index in [1.165, 1.54) is 19.2 Å². The predicted octanol–water partition coefficient (Wildman–Crippen LogP) is 3.42. The highest BCUT2D eigenvalue weighted by atomic mass is 19.1. The SMILES string of the molecule is CCCNC(c1c(F)cc(OC)cc1F)C1CC1. The lowest BCUT2D eigenvalue weighted by atomic mass is 10.0. The van der Waals surface area contributed by atoms with E-state index in [0.29, 0.717) is 5.92 Å². The fourth-order valence-electron chi connectivity index (χ4n) is 2.21. The smallest absolute Gasteiger partial charge is 0.134 e. The van der Waals surface area contributed by atoms with Crippen LogP contribution in [0.15, 0.2) is 12.1 Å². The molecule has 1 fully saturated rings. The van der Waals surface area contributed by atoms with Crippen LogP contribution in [-0.4, -0.2) is 13.7 Å². The minimum Gasteiger partial charge on any atom is -0.497 e. The lowest BCUT2D eigenvalue weighted by Gasteiger charge is -2.20. The molecule has 1 N–H and O–H groups in total. The minimum atomic E-state index is -0.521. The third-order valence-electron chi connectivity index (χ3n) is 3.31. The van der Waals surface area contributed by atoms with Gasteiger partial charge in [-0.2, -0.15) is 0 Å². The molecule has 1 unspecified atom stereocenters. The van der Waals surface area contributed by atoms with Gasteiger partial charge in [0.2, 0.25) is 0 Å². The summed E-state index contributed by atoms with van der Waals surface area (Å²) in [5, 5.41) is 3.25. The summed E-state index contributed by atoms with van der Waals surface area (Å²) in [5.41, 5.74) is 0.159. The van der Waals surface area contributed by atoms with Crippen LogP contribution in [0.5, 0.6) is 5.75 Å². The van der Waals surface area contributed by atoms with Crippen LogP contribution in [0.25, 0.3) is 0 Å². The van der Waals surface area contributed by atoms with Crippen molar-refractivity contribution >= 4 is 0 Å². The van der Waals surface area contributed by atoms with Crippen LogP contribution in [0.1, 0.15) is 37.8 Å². The highest BCUT2D eigenvalue weighted by Gasteiger charge is 2.35. The quantitative estimate of drug-likeness (QED) is 0.841. The molecule has 0 aromatic heterocycles. The summed E-state index contributed by atoms with van der Waals surface area (Å²) in [6.07, 6.45) is 3.02. The summed E-state index contributed by atoms with van der Waals surface area (Å²) in [4.78, 5) is 0. The van der Waals surface area contributed by atoms with E-state index < -0.39 is 11.6 Å². The summed E-state index contributed by atoms with van der Waals surface area (Å²) in [5.74, 6) is -0.465. The van der Waals surface area contributed by atoms with E-state index in [9.17, 15) is 8.78 Å². The predicted molar refractivity (Wildman–Crippen MR) is 66.7 cm³/mol. The van der Waals surface area contributed by atoms with Gasteiger partial charge in [-0.3, -0.25) is 0 Å². The van der Waals surface area contributed by atoms with Crippen molar-refractivity contribution in [1.82, 2.24) is 5.32 Å². The van der Waals surface area contributed by atoms with Gasteiger partial charge in [0.15, 0.2) is 0 Å². The molecule has 1 aliphatic rings. The molecule has 4 heteroatoms. The van der Waals surface area contributed by atoms with Crippen molar-refractivity contribution in [3.8, 4) is 5.75 Å². The van der Waals surface area contributed by atoms with Gasteiger partial charge in [0.25, 0.3) is 0 Å². The molecule has 100 valence electrons. The van der Waals surface area contributed by atoms with Crippen molar-refractivity contribution in [2.75, 3.05) is 13.7 Å². The number of hydrogen-bond acceptors (Lipinski definition) is 2. The fourth-order valence-corrected chi connectivity index (χ4v) is 2.21. The number of benzene rings is 1. The number of nitrogens with one attached hydrogen (secondary N) is 1. The van der Waals surface area contributed by atoms with Gasteiger partial charge in [-0.15, -0.1) is 0 Å². The second-order valence-electron chi connectivity index (χ2n) is 4.77. The van der Waals surface area contributed by atoms with Crippen LogP contribution in [0, 0.1) is 17.6 Å². The van der Waals surface area contributed by atoms with Crippen molar-refractivity contribution < 1.29 is 13.5 Å². The normalized spacial score (nSPS) is 16.7. The van der Waals surface area contributed by atoms with E-state index in [1.54, 1.807) is 0 Å². The lowest BCUT2D eigenvalue weighted by Crippen LogP contribution is -2.25. The molecule has 2 rings (SSSR count). The first-order valence-corrected chi connectivity index (χ1v) is 6.43. The van der Waals surface area contributed by atoms with Crippen molar-refractivity contribution in [1.29, 1.82) is 0 Å². The van der Waals surface area contributed by atoms with Crippen LogP contribution in [0.3, 0.4) is 0 Å². The Morgan fingerprint density at radius 2 is 1.94 bits per heavy atom. The fraction of sp³-hybridized carbons (Fsp3) is 0.571. The number of methoxy groups -OCH3 is 1. The van der Waals surface area contributed by atoms with Crippen LogP contribution in [0.2, 0.25) is 0 Å². The van der Waals surface area contributed by atoms with Gasteiger partial charge in [-0.1, -0.05) is 6.92 Å². The molecular formula is C14H19F2NO. The first kappa shape index (κ1) is 13.3. The number of halogens is 2. The zero-order valence-electron chi connectivity index (χ0n) is 10.8. The Kier molecular flexibility index (Phi) is 4.17. The number of ether oxygens (including phenoxy) is 1. The minimum absolute atomic E-state index is 0.159. The van der Waals surface area contributed by atoms with E-state index in [1.807, 2.05) is 6.92 Å². The molecule has 0 radical (unpaired) electrons. The molecule has 0 aliphatic heterocycles. The standard InChI is InChI=1S/C14H19F2NO/c1-3-6-17-14(9-4-5-9)13-11(15)7-10(18-2)8-12(13)16/h7-9,14,17H,3-6H2,1-2H3. The maximum absolute atomic E-state index is 14.0. The van der Waals surface area contributed by atoms with Gasteiger partial charge in [-0.05, 0) is 31.7 Å². The van der Waals surface area contributed by atoms with Crippen LogP contribution in [0.4, 0.5) is 8.78 Å². The summed E-state index contributed by atoms with van der Waals surface area (Å²) in [7, 11) is 1.40. The van der Waals surface area contributed by atoms with Gasteiger partial charge in [0, 0.05) is 23.7 Å². The third-order valence-corrected chi connectivity index (χ3v) is 3.31. The Balaban J connectivity index is 2.28. The Labute approximate surface area is 106 Å². The van der Waals surface area contributed by atoms with Crippen LogP contribution < -0.4 is 10.1 Å². The third kappa shape index (κ3) is 2.80. The van der Waals surface area contributed by atoms with Gasteiger partial charge >= 0.3 is 0 Å². The molecular weight excluding hydrogens is 236 g/mol. The van der Waals surface area contributed by atoms with Gasteiger partial charge in [-0.25, -0.2) is 8.78 Å². The van der Waals surface area contributed by atoms with Crippen molar-refractivity contribution in [3.63, 3.8) is 0 Å². The van der Waals surface area contributed by atoms with Gasteiger partial charge in [0.05, 0.1) is 7.11 Å².